The summed E-state index contributed by atoms with van der Waals surface area (Å²) in [4.78, 5) is 66.3. The number of nitrogens with one attached hydrogen (secondary N) is 1. The lowest BCUT2D eigenvalue weighted by atomic mass is 9.98. The fourth-order valence-corrected chi connectivity index (χ4v) is 6.10. The number of benzene rings is 4. The van der Waals surface area contributed by atoms with E-state index < -0.39 is 91.5 Å². The maximum atomic E-state index is 13.8. The number of carbonyl (C=O) groups excluding carboxylic acids is 5. The van der Waals surface area contributed by atoms with Gasteiger partial charge in [0, 0.05) is 5.56 Å². The van der Waals surface area contributed by atoms with Crippen molar-refractivity contribution in [1.82, 2.24) is 5.32 Å². The van der Waals surface area contributed by atoms with Crippen molar-refractivity contribution in [2.45, 2.75) is 69.1 Å². The first-order chi connectivity index (χ1) is 27.9. The van der Waals surface area contributed by atoms with Gasteiger partial charge in [-0.05, 0) is 57.2 Å². The Kier molecular flexibility index (Phi) is 13.2. The monoisotopic (exact) mass is 797 g/mol. The van der Waals surface area contributed by atoms with Crippen LogP contribution in [0.1, 0.15) is 57.4 Å². The molecule has 0 bridgehead atoms. The van der Waals surface area contributed by atoms with Crippen LogP contribution in [-0.4, -0.2) is 92.6 Å². The molecule has 2 heterocycles. The predicted octanol–water partition coefficient (Wildman–Crippen LogP) is 5.33. The molecule has 15 nitrogen and oxygen atoms in total. The molecule has 0 aliphatic carbocycles. The van der Waals surface area contributed by atoms with Gasteiger partial charge in [0.2, 0.25) is 0 Å². The molecule has 2 aliphatic heterocycles. The van der Waals surface area contributed by atoms with Crippen molar-refractivity contribution in [3.05, 3.63) is 144 Å². The first-order valence-corrected chi connectivity index (χ1v) is 18.4. The molecule has 1 amide bonds. The molecule has 58 heavy (non-hydrogen) atoms. The SMILES string of the molecule is COC(=O)[C@H](CO[C@@]1(c2ccccc2)O[C@H]2O[C@H](COC(=O)c3ccccc3)[C@@H](OC(=O)c3ccccc3)[C@H](OC(=O)c3ccccc3)[C@H]2O1)NC(=O)OC(C)(C)C. The van der Waals surface area contributed by atoms with Gasteiger partial charge < -0.3 is 43.2 Å². The van der Waals surface area contributed by atoms with E-state index in [1.165, 1.54) is 24.3 Å². The highest BCUT2D eigenvalue weighted by Crippen LogP contribution is 2.45. The Morgan fingerprint density at radius 3 is 1.71 bits per heavy atom. The van der Waals surface area contributed by atoms with E-state index in [0.29, 0.717) is 0 Å². The van der Waals surface area contributed by atoms with Gasteiger partial charge in [0.05, 0.1) is 30.4 Å². The van der Waals surface area contributed by atoms with Crippen molar-refractivity contribution in [2.75, 3.05) is 20.3 Å². The molecule has 4 aromatic rings. The largest absolute Gasteiger partial charge is 0.467 e. The van der Waals surface area contributed by atoms with Crippen molar-refractivity contribution in [3.8, 4) is 0 Å². The summed E-state index contributed by atoms with van der Waals surface area (Å²) in [7, 11) is 1.14. The van der Waals surface area contributed by atoms with Gasteiger partial charge in [0.25, 0.3) is 0 Å². The predicted molar refractivity (Wildman–Crippen MR) is 202 cm³/mol. The standard InChI is InChI=1S/C43H43NO14/c1-42(2,3)58-41(49)44-31(39(48)50-4)25-52-43(30-23-15-8-16-24-30)56-35-34(55-38(47)29-21-13-7-14-22-29)33(54-37(46)28-19-11-6-12-20-28)32(53-40(35)57-43)26-51-36(45)27-17-9-5-10-18-27/h5-24,31-35,40H,25-26H2,1-4H3,(H,44,49)/t31-,32+,33+,34-,35+,40+,43+/m0/s1. The number of ether oxygens (including phenoxy) is 9. The maximum absolute atomic E-state index is 13.8. The summed E-state index contributed by atoms with van der Waals surface area (Å²) in [6.45, 7) is 3.90. The molecule has 0 saturated carbocycles. The molecule has 15 heteroatoms. The van der Waals surface area contributed by atoms with E-state index in [-0.39, 0.29) is 22.3 Å². The minimum absolute atomic E-state index is 0.171. The number of hydrogen-bond acceptors (Lipinski definition) is 14. The highest BCUT2D eigenvalue weighted by molar-refractivity contribution is 5.91. The van der Waals surface area contributed by atoms with Gasteiger partial charge in [-0.1, -0.05) is 84.9 Å². The van der Waals surface area contributed by atoms with E-state index in [1.54, 1.807) is 118 Å². The fourth-order valence-electron chi connectivity index (χ4n) is 6.10. The first-order valence-electron chi connectivity index (χ1n) is 18.4. The summed E-state index contributed by atoms with van der Waals surface area (Å²) in [6, 6.07) is 31.3. The van der Waals surface area contributed by atoms with E-state index in [9.17, 15) is 24.0 Å². The van der Waals surface area contributed by atoms with Gasteiger partial charge in [-0.25, -0.2) is 24.0 Å². The Bertz CT molecular complexity index is 2030. The first kappa shape index (κ1) is 41.5. The van der Waals surface area contributed by atoms with Crippen molar-refractivity contribution in [3.63, 3.8) is 0 Å². The van der Waals surface area contributed by atoms with Crippen molar-refractivity contribution in [1.29, 1.82) is 0 Å². The van der Waals surface area contributed by atoms with Gasteiger partial charge in [-0.15, -0.1) is 0 Å². The van der Waals surface area contributed by atoms with Gasteiger partial charge in [0.15, 0.2) is 30.6 Å². The smallest absolute Gasteiger partial charge is 0.408 e. The van der Waals surface area contributed by atoms with E-state index in [1.807, 2.05) is 0 Å². The molecule has 2 fully saturated rings. The lowest BCUT2D eigenvalue weighted by molar-refractivity contribution is -0.367. The van der Waals surface area contributed by atoms with Crippen molar-refractivity contribution < 1.29 is 66.6 Å². The summed E-state index contributed by atoms with van der Waals surface area (Å²) < 4.78 is 53.8. The van der Waals surface area contributed by atoms with Gasteiger partial charge >= 0.3 is 35.9 Å². The normalized spacial score (nSPS) is 23.0. The van der Waals surface area contributed by atoms with Crippen molar-refractivity contribution >= 4 is 30.0 Å². The quantitative estimate of drug-likeness (QED) is 0.136. The lowest BCUT2D eigenvalue weighted by Crippen LogP contribution is -2.60. The summed E-state index contributed by atoms with van der Waals surface area (Å²) in [5.41, 5.74) is -0.0237. The molecular formula is C43H43NO14. The molecule has 0 aromatic heterocycles. The summed E-state index contributed by atoms with van der Waals surface area (Å²) in [5.74, 6) is -5.37. The third-order valence-electron chi connectivity index (χ3n) is 8.79. The van der Waals surface area contributed by atoms with Gasteiger partial charge in [-0.3, -0.25) is 4.74 Å². The number of methoxy groups -OCH3 is 1. The molecule has 0 spiro atoms. The average Bonchev–Trinajstić information content (AvgIpc) is 3.62. The number of rotatable bonds is 13. The number of hydrogen-bond donors (Lipinski definition) is 1. The van der Waals surface area contributed by atoms with Crippen molar-refractivity contribution in [2.24, 2.45) is 0 Å². The van der Waals surface area contributed by atoms with E-state index >= 15 is 0 Å². The van der Waals surface area contributed by atoms with Crippen LogP contribution in [0.3, 0.4) is 0 Å². The zero-order valence-corrected chi connectivity index (χ0v) is 32.1. The minimum Gasteiger partial charge on any atom is -0.467 e. The Labute approximate surface area is 334 Å². The minimum atomic E-state index is -2.19. The molecule has 0 radical (unpaired) electrons. The summed E-state index contributed by atoms with van der Waals surface area (Å²) in [5, 5.41) is 2.45. The van der Waals surface area contributed by atoms with Gasteiger partial charge in [-0.2, -0.15) is 0 Å². The number of carbonyl (C=O) groups is 5. The zero-order valence-electron chi connectivity index (χ0n) is 32.1. The Balaban J connectivity index is 1.37. The third kappa shape index (κ3) is 10.2. The maximum Gasteiger partial charge on any atom is 0.408 e. The van der Waals surface area contributed by atoms with Crippen LogP contribution in [-0.2, 0) is 53.4 Å². The molecule has 6 rings (SSSR count). The van der Waals surface area contributed by atoms with Crippen LogP contribution >= 0.6 is 0 Å². The molecule has 304 valence electrons. The Morgan fingerprint density at radius 2 is 1.19 bits per heavy atom. The summed E-state index contributed by atoms with van der Waals surface area (Å²) >= 11 is 0. The number of fused-ring (bicyclic) bond motifs is 1. The topological polar surface area (TPSA) is 180 Å². The second-order valence-corrected chi connectivity index (χ2v) is 14.1. The summed E-state index contributed by atoms with van der Waals surface area (Å²) in [6.07, 6.45) is -7.98. The Morgan fingerprint density at radius 1 is 0.690 bits per heavy atom. The molecular weight excluding hydrogens is 754 g/mol. The van der Waals surface area contributed by atoms with Gasteiger partial charge in [0.1, 0.15) is 18.3 Å². The van der Waals surface area contributed by atoms with Crippen LogP contribution in [0, 0.1) is 0 Å². The van der Waals surface area contributed by atoms with E-state index in [0.717, 1.165) is 7.11 Å². The van der Waals surface area contributed by atoms with E-state index in [2.05, 4.69) is 5.32 Å². The fraction of sp³-hybridized carbons (Fsp3) is 0.326. The highest BCUT2D eigenvalue weighted by atomic mass is 16.9. The molecule has 2 aliphatic rings. The van der Waals surface area contributed by atoms with Crippen LogP contribution in [0.4, 0.5) is 4.79 Å². The second kappa shape index (κ2) is 18.4. The van der Waals surface area contributed by atoms with Crippen LogP contribution in [0.25, 0.3) is 0 Å². The van der Waals surface area contributed by atoms with Crippen LogP contribution in [0.15, 0.2) is 121 Å². The Hall–Kier alpha value is -6.13. The molecule has 0 unspecified atom stereocenters. The number of esters is 4. The molecule has 2 saturated heterocycles. The number of amides is 1. The van der Waals surface area contributed by atoms with Crippen LogP contribution in [0.5, 0.6) is 0 Å². The second-order valence-electron chi connectivity index (χ2n) is 14.1. The molecule has 7 atom stereocenters. The average molecular weight is 798 g/mol. The highest BCUT2D eigenvalue weighted by Gasteiger charge is 2.62. The molecule has 4 aromatic carbocycles. The third-order valence-corrected chi connectivity index (χ3v) is 8.79. The van der Waals surface area contributed by atoms with Crippen LogP contribution < -0.4 is 5.32 Å². The molecule has 1 N–H and O–H groups in total. The zero-order chi connectivity index (χ0) is 41.3. The number of alkyl carbamates (subject to hydrolysis) is 1. The lowest BCUT2D eigenvalue weighted by Gasteiger charge is -2.41. The van der Waals surface area contributed by atoms with Crippen LogP contribution in [0.2, 0.25) is 0 Å². The van der Waals surface area contributed by atoms with E-state index in [4.69, 9.17) is 42.6 Å².